The van der Waals surface area contributed by atoms with Crippen LogP contribution in [0.3, 0.4) is 0 Å². The zero-order chi connectivity index (χ0) is 22.7. The Hall–Kier alpha value is -2.35. The van der Waals surface area contributed by atoms with E-state index in [9.17, 15) is 22.8 Å². The third kappa shape index (κ3) is 5.00. The SMILES string of the molecule is O=C(NCCC(=O)N1CCc2sccc2C1c1ccccc1)C1CCC(C(F)(F)F)CC1. The first kappa shape index (κ1) is 22.8. The molecule has 0 spiro atoms. The predicted molar refractivity (Wildman–Crippen MR) is 117 cm³/mol. The van der Waals surface area contributed by atoms with Crippen LogP contribution in [0.4, 0.5) is 13.2 Å². The molecule has 0 radical (unpaired) electrons. The van der Waals surface area contributed by atoms with E-state index >= 15 is 0 Å². The second kappa shape index (κ2) is 9.65. The summed E-state index contributed by atoms with van der Waals surface area (Å²) in [5, 5.41) is 4.84. The Bertz CT molecular complexity index is 936. The van der Waals surface area contributed by atoms with Gasteiger partial charge < -0.3 is 10.2 Å². The third-order valence-corrected chi connectivity index (χ3v) is 7.60. The Morgan fingerprint density at radius 3 is 2.47 bits per heavy atom. The molecule has 0 bridgehead atoms. The lowest BCUT2D eigenvalue weighted by molar-refractivity contribution is -0.184. The number of thiophene rings is 1. The van der Waals surface area contributed by atoms with Crippen molar-refractivity contribution in [3.63, 3.8) is 0 Å². The number of fused-ring (bicyclic) bond motifs is 1. The number of halogens is 3. The lowest BCUT2D eigenvalue weighted by atomic mass is 9.81. The van der Waals surface area contributed by atoms with E-state index in [0.717, 1.165) is 17.5 Å². The number of benzene rings is 1. The number of carbonyl (C=O) groups excluding carboxylic acids is 2. The van der Waals surface area contributed by atoms with Gasteiger partial charge in [0, 0.05) is 30.3 Å². The molecule has 1 saturated carbocycles. The van der Waals surface area contributed by atoms with Crippen molar-refractivity contribution in [1.82, 2.24) is 10.2 Å². The Labute approximate surface area is 189 Å². The van der Waals surface area contributed by atoms with Gasteiger partial charge in [-0.15, -0.1) is 11.3 Å². The van der Waals surface area contributed by atoms with Gasteiger partial charge in [-0.25, -0.2) is 0 Å². The van der Waals surface area contributed by atoms with Crippen molar-refractivity contribution < 1.29 is 22.8 Å². The van der Waals surface area contributed by atoms with Crippen LogP contribution in [0.1, 0.15) is 54.1 Å². The molecule has 0 saturated heterocycles. The predicted octanol–water partition coefficient (Wildman–Crippen LogP) is 5.10. The highest BCUT2D eigenvalue weighted by atomic mass is 32.1. The highest BCUT2D eigenvalue weighted by Crippen LogP contribution is 2.40. The van der Waals surface area contributed by atoms with E-state index in [1.165, 1.54) is 4.88 Å². The van der Waals surface area contributed by atoms with Crippen molar-refractivity contribution in [2.45, 2.75) is 50.7 Å². The van der Waals surface area contributed by atoms with E-state index in [1.807, 2.05) is 35.2 Å². The summed E-state index contributed by atoms with van der Waals surface area (Å²) in [6.45, 7) is 0.826. The standard InChI is InChI=1S/C24H27F3N2O2S/c25-24(26,27)18-8-6-17(7-9-18)23(31)28-13-10-21(30)29-14-11-20-19(12-15-32-20)22(29)16-4-2-1-3-5-16/h1-5,12,15,17-18,22H,6-11,13-14H2,(H,28,31). The summed E-state index contributed by atoms with van der Waals surface area (Å²) in [5.41, 5.74) is 2.22. The van der Waals surface area contributed by atoms with Crippen LogP contribution in [-0.2, 0) is 16.0 Å². The zero-order valence-corrected chi connectivity index (χ0v) is 18.6. The fourth-order valence-electron chi connectivity index (χ4n) is 4.84. The van der Waals surface area contributed by atoms with Gasteiger partial charge in [-0.05, 0) is 54.7 Å². The van der Waals surface area contributed by atoms with E-state index < -0.39 is 18.0 Å². The molecule has 2 aromatic rings. The Morgan fingerprint density at radius 2 is 1.78 bits per heavy atom. The first-order valence-electron chi connectivity index (χ1n) is 11.1. The maximum atomic E-state index is 13.1. The molecule has 2 amide bonds. The number of carbonyl (C=O) groups is 2. The minimum Gasteiger partial charge on any atom is -0.355 e. The lowest BCUT2D eigenvalue weighted by Gasteiger charge is -2.36. The lowest BCUT2D eigenvalue weighted by Crippen LogP contribution is -2.42. The van der Waals surface area contributed by atoms with Crippen molar-refractivity contribution in [3.05, 3.63) is 57.8 Å². The van der Waals surface area contributed by atoms with Gasteiger partial charge in [-0.1, -0.05) is 30.3 Å². The molecule has 8 heteroatoms. The largest absolute Gasteiger partial charge is 0.391 e. The summed E-state index contributed by atoms with van der Waals surface area (Å²) in [6.07, 6.45) is -2.71. The average molecular weight is 465 g/mol. The minimum absolute atomic E-state index is 0.00394. The molecular weight excluding hydrogens is 437 g/mol. The number of nitrogens with one attached hydrogen (secondary N) is 1. The van der Waals surface area contributed by atoms with Crippen molar-refractivity contribution >= 4 is 23.2 Å². The van der Waals surface area contributed by atoms with Gasteiger partial charge in [0.15, 0.2) is 0 Å². The topological polar surface area (TPSA) is 49.4 Å². The molecule has 4 rings (SSSR count). The molecule has 172 valence electrons. The normalized spacial score (nSPS) is 23.5. The fraction of sp³-hybridized carbons (Fsp3) is 0.500. The monoisotopic (exact) mass is 464 g/mol. The summed E-state index contributed by atoms with van der Waals surface area (Å²) in [6, 6.07) is 11.9. The second-order valence-corrected chi connectivity index (χ2v) is 9.58. The van der Waals surface area contributed by atoms with E-state index in [0.29, 0.717) is 6.54 Å². The van der Waals surface area contributed by atoms with Gasteiger partial charge in [-0.2, -0.15) is 13.2 Å². The van der Waals surface area contributed by atoms with Crippen LogP contribution < -0.4 is 5.32 Å². The van der Waals surface area contributed by atoms with Gasteiger partial charge in [0.25, 0.3) is 0 Å². The van der Waals surface area contributed by atoms with Crippen LogP contribution in [0.15, 0.2) is 41.8 Å². The molecule has 1 fully saturated rings. The van der Waals surface area contributed by atoms with Crippen LogP contribution in [0.5, 0.6) is 0 Å². The molecule has 1 aliphatic heterocycles. The maximum absolute atomic E-state index is 13.1. The van der Waals surface area contributed by atoms with Crippen molar-refractivity contribution in [2.24, 2.45) is 11.8 Å². The molecule has 2 heterocycles. The van der Waals surface area contributed by atoms with Crippen LogP contribution in [0.25, 0.3) is 0 Å². The molecule has 32 heavy (non-hydrogen) atoms. The van der Waals surface area contributed by atoms with E-state index in [-0.39, 0.29) is 56.5 Å². The van der Waals surface area contributed by atoms with Crippen LogP contribution in [0, 0.1) is 11.8 Å². The molecule has 4 nitrogen and oxygen atoms in total. The molecule has 1 atom stereocenters. The zero-order valence-electron chi connectivity index (χ0n) is 17.7. The number of rotatable bonds is 5. The highest BCUT2D eigenvalue weighted by molar-refractivity contribution is 7.10. The number of hydrogen-bond donors (Lipinski definition) is 1. The number of nitrogens with zero attached hydrogens (tertiary/aromatic N) is 1. The van der Waals surface area contributed by atoms with Crippen LogP contribution in [0.2, 0.25) is 0 Å². The first-order chi connectivity index (χ1) is 15.3. The first-order valence-corrected chi connectivity index (χ1v) is 12.0. The van der Waals surface area contributed by atoms with Crippen LogP contribution in [-0.4, -0.2) is 36.0 Å². The summed E-state index contributed by atoms with van der Waals surface area (Å²) in [5.74, 6) is -1.97. The Balaban J connectivity index is 1.32. The van der Waals surface area contributed by atoms with Gasteiger partial charge in [0.1, 0.15) is 0 Å². The minimum atomic E-state index is -4.18. The van der Waals surface area contributed by atoms with Gasteiger partial charge >= 0.3 is 6.18 Å². The van der Waals surface area contributed by atoms with Gasteiger partial charge in [-0.3, -0.25) is 9.59 Å². The Kier molecular flexibility index (Phi) is 6.88. The molecule has 1 aliphatic carbocycles. The molecule has 1 N–H and O–H groups in total. The van der Waals surface area contributed by atoms with Crippen molar-refractivity contribution in [2.75, 3.05) is 13.1 Å². The Morgan fingerprint density at radius 1 is 1.06 bits per heavy atom. The smallest absolute Gasteiger partial charge is 0.355 e. The second-order valence-electron chi connectivity index (χ2n) is 8.58. The quantitative estimate of drug-likeness (QED) is 0.670. The molecule has 2 aliphatic rings. The van der Waals surface area contributed by atoms with Crippen molar-refractivity contribution in [3.8, 4) is 0 Å². The highest BCUT2D eigenvalue weighted by Gasteiger charge is 2.42. The van der Waals surface area contributed by atoms with Gasteiger partial charge in [0.05, 0.1) is 12.0 Å². The summed E-state index contributed by atoms with van der Waals surface area (Å²) in [7, 11) is 0. The van der Waals surface area contributed by atoms with Gasteiger partial charge in [0.2, 0.25) is 11.8 Å². The average Bonchev–Trinajstić information content (AvgIpc) is 3.27. The molecule has 1 aromatic heterocycles. The van der Waals surface area contributed by atoms with E-state index in [1.54, 1.807) is 11.3 Å². The fourth-order valence-corrected chi connectivity index (χ4v) is 5.75. The van der Waals surface area contributed by atoms with Crippen molar-refractivity contribution in [1.29, 1.82) is 0 Å². The van der Waals surface area contributed by atoms with E-state index in [4.69, 9.17) is 0 Å². The number of alkyl halides is 3. The number of amides is 2. The molecule has 1 unspecified atom stereocenters. The third-order valence-electron chi connectivity index (χ3n) is 6.60. The van der Waals surface area contributed by atoms with E-state index in [2.05, 4.69) is 16.8 Å². The number of hydrogen-bond acceptors (Lipinski definition) is 3. The summed E-state index contributed by atoms with van der Waals surface area (Å²) >= 11 is 1.71. The molecular formula is C24H27F3N2O2S. The maximum Gasteiger partial charge on any atom is 0.391 e. The summed E-state index contributed by atoms with van der Waals surface area (Å²) in [4.78, 5) is 28.7. The summed E-state index contributed by atoms with van der Waals surface area (Å²) < 4.78 is 38.5. The molecule has 1 aromatic carbocycles. The van der Waals surface area contributed by atoms with Crippen LogP contribution >= 0.6 is 11.3 Å².